The molecule has 1 fully saturated rings. The van der Waals surface area contributed by atoms with Crippen molar-refractivity contribution in [2.24, 2.45) is 5.92 Å². The molecule has 0 aromatic carbocycles. The second kappa shape index (κ2) is 3.66. The average molecular weight is 186 g/mol. The van der Waals surface area contributed by atoms with E-state index in [4.69, 9.17) is 10.2 Å². The van der Waals surface area contributed by atoms with E-state index in [2.05, 4.69) is 0 Å². The summed E-state index contributed by atoms with van der Waals surface area (Å²) in [5.74, 6) is -2.60. The van der Waals surface area contributed by atoms with E-state index >= 15 is 0 Å². The predicted octanol–water partition coefficient (Wildman–Crippen LogP) is -0.630. The van der Waals surface area contributed by atoms with Crippen molar-refractivity contribution in [3.63, 3.8) is 0 Å². The monoisotopic (exact) mass is 186 g/mol. The maximum Gasteiger partial charge on any atom is 0.303 e. The first-order valence-electron chi connectivity index (χ1n) is 3.96. The van der Waals surface area contributed by atoms with Gasteiger partial charge in [0.1, 0.15) is 0 Å². The molecular weight excluding hydrogens is 176 g/mol. The molecule has 0 amide bonds. The summed E-state index contributed by atoms with van der Waals surface area (Å²) in [6.45, 7) is 0. The normalized spacial score (nSPS) is 29.0. The topological polar surface area (TPSA) is 91.7 Å². The Morgan fingerprint density at radius 3 is 2.15 bits per heavy atom. The van der Waals surface area contributed by atoms with Gasteiger partial charge in [-0.2, -0.15) is 0 Å². The van der Waals surface area contributed by atoms with Gasteiger partial charge in [-0.3, -0.25) is 14.4 Å². The molecule has 1 aliphatic carbocycles. The summed E-state index contributed by atoms with van der Waals surface area (Å²) in [5.41, 5.74) is 0. The van der Waals surface area contributed by atoms with Crippen LogP contribution in [0.15, 0.2) is 0 Å². The number of hydrogen-bond acceptors (Lipinski definition) is 4. The Balaban J connectivity index is 2.58. The van der Waals surface area contributed by atoms with Gasteiger partial charge in [0.2, 0.25) is 0 Å². The number of carbonyl (C=O) groups excluding carboxylic acids is 2. The Kier molecular flexibility index (Phi) is 2.77. The van der Waals surface area contributed by atoms with Crippen LogP contribution in [0.1, 0.15) is 19.3 Å². The van der Waals surface area contributed by atoms with Crippen molar-refractivity contribution in [1.29, 1.82) is 0 Å². The van der Waals surface area contributed by atoms with Gasteiger partial charge in [0.15, 0.2) is 17.7 Å². The van der Waals surface area contributed by atoms with Gasteiger partial charge in [-0.25, -0.2) is 0 Å². The van der Waals surface area contributed by atoms with E-state index in [1.807, 2.05) is 0 Å². The van der Waals surface area contributed by atoms with Crippen molar-refractivity contribution in [3.05, 3.63) is 0 Å². The van der Waals surface area contributed by atoms with Gasteiger partial charge in [-0.05, 0) is 5.92 Å². The second-order valence-electron chi connectivity index (χ2n) is 3.21. The zero-order chi connectivity index (χ0) is 10.0. The summed E-state index contributed by atoms with van der Waals surface area (Å²) >= 11 is 0. The summed E-state index contributed by atoms with van der Waals surface area (Å²) in [6, 6.07) is 0. The number of hydrogen-bond donors (Lipinski definition) is 2. The van der Waals surface area contributed by atoms with E-state index in [0.717, 1.165) is 0 Å². The molecule has 0 aromatic heterocycles. The van der Waals surface area contributed by atoms with Crippen LogP contribution in [0.4, 0.5) is 0 Å². The van der Waals surface area contributed by atoms with Gasteiger partial charge < -0.3 is 10.2 Å². The van der Waals surface area contributed by atoms with Crippen molar-refractivity contribution >= 4 is 17.5 Å². The van der Waals surface area contributed by atoms with Crippen LogP contribution in [0.2, 0.25) is 0 Å². The maximum atomic E-state index is 10.9. The lowest BCUT2D eigenvalue weighted by Crippen LogP contribution is -2.38. The minimum atomic E-state index is -1.52. The van der Waals surface area contributed by atoms with E-state index in [1.165, 1.54) is 0 Å². The summed E-state index contributed by atoms with van der Waals surface area (Å²) < 4.78 is 0. The van der Waals surface area contributed by atoms with Crippen LogP contribution in [-0.4, -0.2) is 33.9 Å². The molecule has 0 unspecified atom stereocenters. The summed E-state index contributed by atoms with van der Waals surface area (Å²) in [6.07, 6.45) is -1.74. The van der Waals surface area contributed by atoms with E-state index in [-0.39, 0.29) is 19.3 Å². The van der Waals surface area contributed by atoms with Crippen LogP contribution in [0.25, 0.3) is 0 Å². The summed E-state index contributed by atoms with van der Waals surface area (Å²) in [5, 5.41) is 17.4. The maximum absolute atomic E-state index is 10.9. The predicted molar refractivity (Wildman–Crippen MR) is 41.0 cm³/mol. The van der Waals surface area contributed by atoms with Gasteiger partial charge in [-0.1, -0.05) is 0 Å². The van der Waals surface area contributed by atoms with Crippen LogP contribution in [-0.2, 0) is 14.4 Å². The molecule has 5 nitrogen and oxygen atoms in total. The number of carboxylic acid groups (broad SMARTS) is 1. The third-order valence-electron chi connectivity index (χ3n) is 2.05. The van der Waals surface area contributed by atoms with Crippen molar-refractivity contribution in [3.8, 4) is 0 Å². The molecule has 1 rings (SSSR count). The van der Waals surface area contributed by atoms with Gasteiger partial charge in [0, 0.05) is 19.3 Å². The van der Waals surface area contributed by atoms with E-state index in [0.29, 0.717) is 0 Å². The number of carbonyl (C=O) groups is 3. The Hall–Kier alpha value is -1.23. The molecule has 0 spiro atoms. The molecule has 72 valence electrons. The van der Waals surface area contributed by atoms with Crippen LogP contribution in [0.3, 0.4) is 0 Å². The lowest BCUT2D eigenvalue weighted by Gasteiger charge is -2.21. The summed E-state index contributed by atoms with van der Waals surface area (Å²) in [4.78, 5) is 32.1. The van der Waals surface area contributed by atoms with E-state index in [9.17, 15) is 14.4 Å². The molecule has 0 saturated heterocycles. The fraction of sp³-hybridized carbons (Fsp3) is 0.625. The average Bonchev–Trinajstić information content (AvgIpc) is 1.98. The summed E-state index contributed by atoms with van der Waals surface area (Å²) in [7, 11) is 0. The van der Waals surface area contributed by atoms with Crippen molar-refractivity contribution < 1.29 is 24.6 Å². The van der Waals surface area contributed by atoms with Gasteiger partial charge in [0.25, 0.3) is 0 Å². The van der Waals surface area contributed by atoms with Crippen LogP contribution in [0, 0.1) is 5.92 Å². The Morgan fingerprint density at radius 1 is 1.31 bits per heavy atom. The first-order chi connectivity index (χ1) is 6.00. The van der Waals surface area contributed by atoms with Crippen molar-refractivity contribution in [2.45, 2.75) is 25.4 Å². The first kappa shape index (κ1) is 9.85. The Labute approximate surface area is 74.4 Å². The number of aliphatic hydroxyl groups excluding tert-OH is 1. The highest BCUT2D eigenvalue weighted by Crippen LogP contribution is 2.22. The molecular formula is C8H10O5. The van der Waals surface area contributed by atoms with Gasteiger partial charge >= 0.3 is 5.97 Å². The number of aliphatic hydroxyl groups is 1. The molecule has 1 aliphatic rings. The number of ketones is 2. The lowest BCUT2D eigenvalue weighted by molar-refractivity contribution is -0.145. The first-order valence-corrected chi connectivity index (χ1v) is 3.96. The number of Topliss-reactive ketones (excluding diaryl/α,β-unsaturated/α-hetero) is 2. The fourth-order valence-corrected chi connectivity index (χ4v) is 1.44. The SMILES string of the molecule is O=C(O)CC1CC(=O)C(O)C(=O)C1. The Morgan fingerprint density at radius 2 is 1.77 bits per heavy atom. The van der Waals surface area contributed by atoms with Crippen LogP contribution in [0.5, 0.6) is 0 Å². The van der Waals surface area contributed by atoms with Crippen molar-refractivity contribution in [1.82, 2.24) is 0 Å². The minimum absolute atomic E-state index is 0.0147. The fourth-order valence-electron chi connectivity index (χ4n) is 1.44. The molecule has 0 aliphatic heterocycles. The zero-order valence-electron chi connectivity index (χ0n) is 6.90. The molecule has 0 heterocycles. The lowest BCUT2D eigenvalue weighted by atomic mass is 9.84. The standard InChI is InChI=1S/C8H10O5/c9-5-1-4(3-7(11)12)2-6(10)8(5)13/h4,8,13H,1-3H2,(H,11,12). The quantitative estimate of drug-likeness (QED) is 0.560. The smallest absolute Gasteiger partial charge is 0.303 e. The van der Waals surface area contributed by atoms with E-state index in [1.54, 1.807) is 0 Å². The van der Waals surface area contributed by atoms with E-state index < -0.39 is 29.6 Å². The highest BCUT2D eigenvalue weighted by atomic mass is 16.4. The molecule has 0 atom stereocenters. The highest BCUT2D eigenvalue weighted by Gasteiger charge is 2.34. The number of carboxylic acids is 1. The second-order valence-corrected chi connectivity index (χ2v) is 3.21. The van der Waals surface area contributed by atoms with Gasteiger partial charge in [0.05, 0.1) is 0 Å². The van der Waals surface area contributed by atoms with Crippen LogP contribution >= 0.6 is 0 Å². The molecule has 1 saturated carbocycles. The third-order valence-corrected chi connectivity index (χ3v) is 2.05. The number of aliphatic carboxylic acids is 1. The minimum Gasteiger partial charge on any atom is -0.481 e. The highest BCUT2D eigenvalue weighted by molar-refractivity contribution is 6.07. The van der Waals surface area contributed by atoms with Crippen LogP contribution < -0.4 is 0 Å². The molecule has 2 N–H and O–H groups in total. The molecule has 5 heteroatoms. The molecule has 0 radical (unpaired) electrons. The third kappa shape index (κ3) is 2.35. The largest absolute Gasteiger partial charge is 0.481 e. The molecule has 0 bridgehead atoms. The zero-order valence-corrected chi connectivity index (χ0v) is 6.90. The molecule has 0 aromatic rings. The van der Waals surface area contributed by atoms with Crippen molar-refractivity contribution in [2.75, 3.05) is 0 Å². The Bertz CT molecular complexity index is 239. The van der Waals surface area contributed by atoms with Gasteiger partial charge in [-0.15, -0.1) is 0 Å². The molecule has 13 heavy (non-hydrogen) atoms. The number of rotatable bonds is 2.